The van der Waals surface area contributed by atoms with Gasteiger partial charge in [-0.1, -0.05) is 44.4 Å². The highest BCUT2D eigenvalue weighted by molar-refractivity contribution is 5.19. The molecule has 0 saturated heterocycles. The lowest BCUT2D eigenvalue weighted by atomic mass is 10.1. The summed E-state index contributed by atoms with van der Waals surface area (Å²) >= 11 is 0. The van der Waals surface area contributed by atoms with Crippen LogP contribution in [-0.4, -0.2) is 6.61 Å². The first kappa shape index (κ1) is 16.0. The summed E-state index contributed by atoms with van der Waals surface area (Å²) in [7, 11) is 0. The van der Waals surface area contributed by atoms with Gasteiger partial charge in [0.25, 0.3) is 0 Å². The van der Waals surface area contributed by atoms with Crippen molar-refractivity contribution < 1.29 is 4.74 Å². The number of hydrogen-bond donors (Lipinski definition) is 0. The third kappa shape index (κ3) is 9.92. The zero-order chi connectivity index (χ0) is 12.9. The number of hydrogen-bond acceptors (Lipinski definition) is 1. The van der Waals surface area contributed by atoms with Crippen molar-refractivity contribution in [3.63, 3.8) is 0 Å². The van der Waals surface area contributed by atoms with Gasteiger partial charge in [-0.05, 0) is 45.3 Å². The molecular formula is C16H28O. The number of unbranched alkanes of at least 4 members (excludes halogenated alkanes) is 2. The molecule has 0 rings (SSSR count). The molecule has 98 valence electrons. The Balaban J connectivity index is 4.23. The van der Waals surface area contributed by atoms with Crippen molar-refractivity contribution in [2.24, 2.45) is 0 Å². The van der Waals surface area contributed by atoms with E-state index in [0.29, 0.717) is 0 Å². The largest absolute Gasteiger partial charge is 0.494 e. The first-order valence-electron chi connectivity index (χ1n) is 6.91. The Hall–Kier alpha value is -0.980. The van der Waals surface area contributed by atoms with E-state index < -0.39 is 0 Å². The highest BCUT2D eigenvalue weighted by Crippen LogP contribution is 2.08. The van der Waals surface area contributed by atoms with E-state index in [4.69, 9.17) is 4.74 Å². The van der Waals surface area contributed by atoms with Crippen LogP contribution in [0.5, 0.6) is 0 Å². The van der Waals surface area contributed by atoms with Crippen molar-refractivity contribution in [3.8, 4) is 0 Å². The fraction of sp³-hybridized carbons (Fsp3) is 0.625. The normalized spacial score (nSPS) is 13.4. The van der Waals surface area contributed by atoms with E-state index in [1.807, 2.05) is 6.92 Å². The molecule has 0 N–H and O–H groups in total. The number of ether oxygens (including phenoxy) is 1. The standard InChI is InChI=1S/C16H28O/c1-5-8-11-15(4)12-10-14-16(17-7-3)13-9-6-2/h10,12-14H,5-9,11H2,1-4H3/b14-10-,15-12+,16-13-. The van der Waals surface area contributed by atoms with E-state index in [1.54, 1.807) is 0 Å². The van der Waals surface area contributed by atoms with Gasteiger partial charge in [-0.2, -0.15) is 0 Å². The molecule has 17 heavy (non-hydrogen) atoms. The van der Waals surface area contributed by atoms with Gasteiger partial charge in [-0.3, -0.25) is 0 Å². The van der Waals surface area contributed by atoms with Crippen LogP contribution in [0, 0.1) is 0 Å². The summed E-state index contributed by atoms with van der Waals surface area (Å²) in [6, 6.07) is 0. The number of rotatable bonds is 9. The second-order valence-corrected chi connectivity index (χ2v) is 4.30. The van der Waals surface area contributed by atoms with Crippen molar-refractivity contribution in [3.05, 3.63) is 35.6 Å². The van der Waals surface area contributed by atoms with Gasteiger partial charge in [-0.15, -0.1) is 0 Å². The summed E-state index contributed by atoms with van der Waals surface area (Å²) in [6.45, 7) is 9.35. The summed E-state index contributed by atoms with van der Waals surface area (Å²) in [6.07, 6.45) is 14.5. The summed E-state index contributed by atoms with van der Waals surface area (Å²) in [5.74, 6) is 0.994. The first-order chi connectivity index (χ1) is 8.24. The van der Waals surface area contributed by atoms with Crippen LogP contribution in [0.4, 0.5) is 0 Å². The zero-order valence-electron chi connectivity index (χ0n) is 12.0. The van der Waals surface area contributed by atoms with Crippen molar-refractivity contribution in [1.82, 2.24) is 0 Å². The molecule has 0 fully saturated rings. The molecule has 0 unspecified atom stereocenters. The molecule has 1 nitrogen and oxygen atoms in total. The highest BCUT2D eigenvalue weighted by Gasteiger charge is 1.90. The molecule has 0 atom stereocenters. The quantitative estimate of drug-likeness (QED) is 0.385. The van der Waals surface area contributed by atoms with Crippen molar-refractivity contribution in [2.45, 2.75) is 59.8 Å². The monoisotopic (exact) mass is 236 g/mol. The molecule has 0 aliphatic rings. The molecule has 0 radical (unpaired) electrons. The van der Waals surface area contributed by atoms with Crippen LogP contribution in [0.2, 0.25) is 0 Å². The molecular weight excluding hydrogens is 208 g/mol. The number of allylic oxidation sites excluding steroid dienone is 5. The lowest BCUT2D eigenvalue weighted by Gasteiger charge is -2.03. The molecule has 0 aromatic carbocycles. The van der Waals surface area contributed by atoms with E-state index in [-0.39, 0.29) is 0 Å². The molecule has 0 aromatic rings. The lowest BCUT2D eigenvalue weighted by molar-refractivity contribution is 0.241. The maximum atomic E-state index is 5.55. The van der Waals surface area contributed by atoms with Gasteiger partial charge in [0.1, 0.15) is 5.76 Å². The van der Waals surface area contributed by atoms with E-state index in [1.165, 1.54) is 24.8 Å². The van der Waals surface area contributed by atoms with Gasteiger partial charge in [0, 0.05) is 0 Å². The molecule has 1 heteroatoms. The Morgan fingerprint density at radius 3 is 2.47 bits per heavy atom. The van der Waals surface area contributed by atoms with E-state index in [0.717, 1.165) is 25.2 Å². The van der Waals surface area contributed by atoms with Gasteiger partial charge in [0.05, 0.1) is 6.61 Å². The van der Waals surface area contributed by atoms with Crippen LogP contribution in [0.15, 0.2) is 35.6 Å². The Morgan fingerprint density at radius 2 is 1.88 bits per heavy atom. The van der Waals surface area contributed by atoms with Crippen LogP contribution < -0.4 is 0 Å². The topological polar surface area (TPSA) is 9.23 Å². The van der Waals surface area contributed by atoms with Crippen molar-refractivity contribution in [1.29, 1.82) is 0 Å². The summed E-state index contributed by atoms with van der Waals surface area (Å²) in [5, 5.41) is 0. The summed E-state index contributed by atoms with van der Waals surface area (Å²) < 4.78 is 5.55. The van der Waals surface area contributed by atoms with Crippen LogP contribution in [0.3, 0.4) is 0 Å². The molecule has 0 amide bonds. The second kappa shape index (κ2) is 11.5. The Kier molecular flexibility index (Phi) is 10.8. The molecule has 0 aliphatic heterocycles. The van der Waals surface area contributed by atoms with E-state index >= 15 is 0 Å². The van der Waals surface area contributed by atoms with Crippen LogP contribution in [0.1, 0.15) is 59.8 Å². The van der Waals surface area contributed by atoms with Gasteiger partial charge in [0.2, 0.25) is 0 Å². The van der Waals surface area contributed by atoms with Gasteiger partial charge in [-0.25, -0.2) is 0 Å². The van der Waals surface area contributed by atoms with Crippen LogP contribution >= 0.6 is 0 Å². The zero-order valence-corrected chi connectivity index (χ0v) is 12.0. The Labute approximate surface area is 107 Å². The Bertz CT molecular complexity index is 259. The summed E-state index contributed by atoms with van der Waals surface area (Å²) in [5.41, 5.74) is 1.44. The lowest BCUT2D eigenvalue weighted by Crippen LogP contribution is -1.88. The summed E-state index contributed by atoms with van der Waals surface area (Å²) in [4.78, 5) is 0. The minimum Gasteiger partial charge on any atom is -0.494 e. The third-order valence-electron chi connectivity index (χ3n) is 2.51. The fourth-order valence-electron chi connectivity index (χ4n) is 1.47. The van der Waals surface area contributed by atoms with Gasteiger partial charge >= 0.3 is 0 Å². The molecule has 0 heterocycles. The highest BCUT2D eigenvalue weighted by atomic mass is 16.5. The minimum atomic E-state index is 0.735. The smallest absolute Gasteiger partial charge is 0.115 e. The molecule has 0 aliphatic carbocycles. The maximum absolute atomic E-state index is 5.55. The minimum absolute atomic E-state index is 0.735. The van der Waals surface area contributed by atoms with Crippen molar-refractivity contribution in [2.75, 3.05) is 6.61 Å². The average Bonchev–Trinajstić information content (AvgIpc) is 2.33. The fourth-order valence-corrected chi connectivity index (χ4v) is 1.47. The second-order valence-electron chi connectivity index (χ2n) is 4.30. The SMILES string of the molecule is CCC/C=C(/C=C\C=C(/C)CCCC)OCC. The van der Waals surface area contributed by atoms with E-state index in [9.17, 15) is 0 Å². The first-order valence-corrected chi connectivity index (χ1v) is 6.91. The predicted octanol–water partition coefficient (Wildman–Crippen LogP) is 5.40. The van der Waals surface area contributed by atoms with Gasteiger partial charge < -0.3 is 4.74 Å². The van der Waals surface area contributed by atoms with Crippen LogP contribution in [-0.2, 0) is 4.74 Å². The molecule has 0 saturated carbocycles. The Morgan fingerprint density at radius 1 is 1.12 bits per heavy atom. The molecule has 0 bridgehead atoms. The van der Waals surface area contributed by atoms with Crippen molar-refractivity contribution >= 4 is 0 Å². The van der Waals surface area contributed by atoms with Gasteiger partial charge in [0.15, 0.2) is 0 Å². The third-order valence-corrected chi connectivity index (χ3v) is 2.51. The molecule has 0 aromatic heterocycles. The van der Waals surface area contributed by atoms with Crippen LogP contribution in [0.25, 0.3) is 0 Å². The maximum Gasteiger partial charge on any atom is 0.115 e. The average molecular weight is 236 g/mol. The molecule has 0 spiro atoms. The predicted molar refractivity (Wildman–Crippen MR) is 77.0 cm³/mol. The van der Waals surface area contributed by atoms with E-state index in [2.05, 4.69) is 45.1 Å².